The van der Waals surface area contributed by atoms with E-state index in [1.165, 1.54) is 0 Å². The van der Waals surface area contributed by atoms with Crippen LogP contribution in [0.4, 0.5) is 10.5 Å². The van der Waals surface area contributed by atoms with Gasteiger partial charge in [-0.15, -0.1) is 0 Å². The zero-order valence-electron chi connectivity index (χ0n) is 11.6. The first-order valence-electron chi connectivity index (χ1n) is 6.44. The Bertz CT molecular complexity index is 605. The molecule has 2 rings (SSSR count). The fourth-order valence-electron chi connectivity index (χ4n) is 1.80. The minimum Gasteiger partial charge on any atom is -0.478 e. The number of carboxylic acid groups (broad SMARTS) is 1. The van der Waals surface area contributed by atoms with Gasteiger partial charge in [-0.25, -0.2) is 9.59 Å². The van der Waals surface area contributed by atoms with E-state index in [2.05, 4.69) is 15.3 Å². The van der Waals surface area contributed by atoms with Crippen LogP contribution in [0.1, 0.15) is 0 Å². The van der Waals surface area contributed by atoms with Gasteiger partial charge in [0.25, 0.3) is 5.90 Å². The number of rotatable bonds is 3. The molecule has 0 bridgehead atoms. The summed E-state index contributed by atoms with van der Waals surface area (Å²) in [6.45, 7) is 0. The summed E-state index contributed by atoms with van der Waals surface area (Å²) in [6.07, 6.45) is -8.44. The van der Waals surface area contributed by atoms with Crippen LogP contribution in [0.15, 0.2) is 35.5 Å². The van der Waals surface area contributed by atoms with Crippen LogP contribution in [0, 0.1) is 0 Å². The summed E-state index contributed by atoms with van der Waals surface area (Å²) in [5.74, 6) is -2.32. The van der Waals surface area contributed by atoms with Gasteiger partial charge in [0.15, 0.2) is 6.10 Å². The molecule has 0 spiro atoms. The van der Waals surface area contributed by atoms with Crippen LogP contribution in [-0.2, 0) is 14.4 Å². The average Bonchev–Trinajstić information content (AvgIpc) is 2.52. The SMILES string of the molecule is O=C(Nc1ccccc1)O/N=C1/O[C@H](C(=O)O)[C@@H](O)[C@H](O)[C@H]1O. The number of carbonyl (C=O) groups is 2. The summed E-state index contributed by atoms with van der Waals surface area (Å²) in [5, 5.41) is 43.0. The molecule has 1 saturated heterocycles. The van der Waals surface area contributed by atoms with Crippen molar-refractivity contribution >= 4 is 23.6 Å². The number of aliphatic hydroxyl groups is 3. The van der Waals surface area contributed by atoms with Crippen molar-refractivity contribution in [1.82, 2.24) is 0 Å². The largest absolute Gasteiger partial charge is 0.478 e. The maximum atomic E-state index is 11.5. The summed E-state index contributed by atoms with van der Waals surface area (Å²) in [5.41, 5.74) is 0.418. The van der Waals surface area contributed by atoms with Crippen LogP contribution in [0.2, 0.25) is 0 Å². The van der Waals surface area contributed by atoms with E-state index in [-0.39, 0.29) is 0 Å². The number of benzene rings is 1. The second kappa shape index (κ2) is 7.05. The van der Waals surface area contributed by atoms with Crippen molar-refractivity contribution in [2.45, 2.75) is 24.4 Å². The molecule has 23 heavy (non-hydrogen) atoms. The topological polar surface area (TPSA) is 158 Å². The Kier molecular flexibility index (Phi) is 5.11. The lowest BCUT2D eigenvalue weighted by molar-refractivity contribution is -0.168. The maximum Gasteiger partial charge on any atom is 0.437 e. The van der Waals surface area contributed by atoms with Crippen molar-refractivity contribution in [1.29, 1.82) is 0 Å². The van der Waals surface area contributed by atoms with Gasteiger partial charge in [-0.1, -0.05) is 18.2 Å². The Balaban J connectivity index is 2.03. The molecule has 1 aromatic carbocycles. The normalized spacial score (nSPS) is 28.7. The highest BCUT2D eigenvalue weighted by Gasteiger charge is 2.46. The summed E-state index contributed by atoms with van der Waals surface area (Å²) in [7, 11) is 0. The average molecular weight is 326 g/mol. The van der Waals surface area contributed by atoms with Crippen LogP contribution in [-0.4, -0.2) is 62.8 Å². The Morgan fingerprint density at radius 3 is 2.39 bits per heavy atom. The minimum absolute atomic E-state index is 0.418. The molecular weight excluding hydrogens is 312 g/mol. The van der Waals surface area contributed by atoms with Crippen LogP contribution in [0.25, 0.3) is 0 Å². The number of carbonyl (C=O) groups excluding carboxylic acids is 1. The van der Waals surface area contributed by atoms with E-state index in [1.807, 2.05) is 0 Å². The third kappa shape index (κ3) is 3.94. The molecule has 1 fully saturated rings. The van der Waals surface area contributed by atoms with Crippen molar-refractivity contribution in [3.63, 3.8) is 0 Å². The monoisotopic (exact) mass is 326 g/mol. The number of para-hydroxylation sites is 1. The molecule has 4 atom stereocenters. The molecule has 124 valence electrons. The molecule has 0 unspecified atom stereocenters. The number of carboxylic acids is 1. The van der Waals surface area contributed by atoms with Gasteiger partial charge in [-0.05, 0) is 17.3 Å². The highest BCUT2D eigenvalue weighted by molar-refractivity contribution is 5.88. The minimum atomic E-state index is -1.86. The molecule has 0 radical (unpaired) electrons. The van der Waals surface area contributed by atoms with E-state index in [0.29, 0.717) is 5.69 Å². The van der Waals surface area contributed by atoms with Gasteiger partial charge in [-0.2, -0.15) is 0 Å². The number of hydrogen-bond donors (Lipinski definition) is 5. The summed E-state index contributed by atoms with van der Waals surface area (Å²) in [6, 6.07) is 8.25. The number of hydrogen-bond acceptors (Lipinski definition) is 8. The van der Waals surface area contributed by atoms with E-state index in [9.17, 15) is 24.9 Å². The molecule has 1 aliphatic heterocycles. The maximum absolute atomic E-state index is 11.5. The lowest BCUT2D eigenvalue weighted by Crippen LogP contribution is -2.58. The zero-order valence-corrected chi connectivity index (χ0v) is 11.6. The number of aliphatic hydroxyl groups excluding tert-OH is 3. The predicted molar refractivity (Wildman–Crippen MR) is 74.5 cm³/mol. The smallest absolute Gasteiger partial charge is 0.437 e. The van der Waals surface area contributed by atoms with Gasteiger partial charge >= 0.3 is 12.1 Å². The first-order chi connectivity index (χ1) is 10.9. The van der Waals surface area contributed by atoms with Crippen molar-refractivity contribution < 1.29 is 39.6 Å². The number of aliphatic carboxylic acids is 1. The number of oxime groups is 1. The van der Waals surface area contributed by atoms with Crippen LogP contribution < -0.4 is 5.32 Å². The highest BCUT2D eigenvalue weighted by Crippen LogP contribution is 2.18. The number of ether oxygens (including phenoxy) is 1. The molecule has 10 nitrogen and oxygen atoms in total. The summed E-state index contributed by atoms with van der Waals surface area (Å²) < 4.78 is 4.73. The van der Waals surface area contributed by atoms with Gasteiger partial charge in [-0.3, -0.25) is 10.2 Å². The standard InChI is InChI=1S/C13H14N2O8/c16-7-8(17)10(12(19)20)22-11(9(7)18)15-23-13(21)14-6-4-2-1-3-5-6/h1-5,7-10,16-18H,(H,14,21)(H,19,20)/b15-11+/t7-,8-,9+,10-/m0/s1. The third-order valence-corrected chi connectivity index (χ3v) is 2.97. The lowest BCUT2D eigenvalue weighted by Gasteiger charge is -2.33. The van der Waals surface area contributed by atoms with Crippen LogP contribution >= 0.6 is 0 Å². The van der Waals surface area contributed by atoms with Gasteiger partial charge in [0.05, 0.1) is 0 Å². The third-order valence-electron chi connectivity index (χ3n) is 2.97. The number of nitrogens with zero attached hydrogens (tertiary/aromatic N) is 1. The number of anilines is 1. The molecule has 1 amide bonds. The predicted octanol–water partition coefficient (Wildman–Crippen LogP) is -0.885. The van der Waals surface area contributed by atoms with Crippen molar-refractivity contribution in [2.75, 3.05) is 5.32 Å². The molecule has 1 aromatic rings. The fraction of sp³-hybridized carbons (Fsp3) is 0.308. The van der Waals surface area contributed by atoms with Crippen molar-refractivity contribution in [3.8, 4) is 0 Å². The first kappa shape index (κ1) is 16.7. The van der Waals surface area contributed by atoms with E-state index >= 15 is 0 Å². The molecule has 0 aliphatic carbocycles. The summed E-state index contributed by atoms with van der Waals surface area (Å²) >= 11 is 0. The van der Waals surface area contributed by atoms with Gasteiger partial charge in [0.1, 0.15) is 12.2 Å². The molecular formula is C13H14N2O8. The van der Waals surface area contributed by atoms with Crippen LogP contribution in [0.3, 0.4) is 0 Å². The van der Waals surface area contributed by atoms with E-state index in [1.54, 1.807) is 30.3 Å². The van der Waals surface area contributed by atoms with Gasteiger partial charge < -0.3 is 25.2 Å². The van der Waals surface area contributed by atoms with Crippen molar-refractivity contribution in [2.24, 2.45) is 5.16 Å². The molecule has 1 heterocycles. The van der Waals surface area contributed by atoms with Gasteiger partial charge in [0.2, 0.25) is 6.10 Å². The molecule has 1 aliphatic rings. The Morgan fingerprint density at radius 2 is 1.78 bits per heavy atom. The Labute approximate surface area is 129 Å². The van der Waals surface area contributed by atoms with E-state index in [4.69, 9.17) is 9.84 Å². The quantitative estimate of drug-likeness (QED) is 0.353. The zero-order chi connectivity index (χ0) is 17.0. The number of amides is 1. The molecule has 0 saturated carbocycles. The highest BCUT2D eigenvalue weighted by atomic mass is 16.7. The Morgan fingerprint density at radius 1 is 1.13 bits per heavy atom. The molecule has 10 heteroatoms. The lowest BCUT2D eigenvalue weighted by atomic mass is 9.99. The van der Waals surface area contributed by atoms with Crippen molar-refractivity contribution in [3.05, 3.63) is 30.3 Å². The second-order valence-electron chi connectivity index (χ2n) is 4.60. The van der Waals surface area contributed by atoms with Gasteiger partial charge in [0, 0.05) is 5.69 Å². The second-order valence-corrected chi connectivity index (χ2v) is 4.60. The Hall–Kier alpha value is -2.69. The van der Waals surface area contributed by atoms with Crippen LogP contribution in [0.5, 0.6) is 0 Å². The van der Waals surface area contributed by atoms with E-state index < -0.39 is 42.4 Å². The molecule has 5 N–H and O–H groups in total. The van der Waals surface area contributed by atoms with E-state index in [0.717, 1.165) is 0 Å². The fourth-order valence-corrected chi connectivity index (χ4v) is 1.80. The first-order valence-corrected chi connectivity index (χ1v) is 6.44. The number of nitrogens with one attached hydrogen (secondary N) is 1. The molecule has 0 aromatic heterocycles. The summed E-state index contributed by atoms with van der Waals surface area (Å²) in [4.78, 5) is 26.8.